The Kier molecular flexibility index (Phi) is 8.61. The highest BCUT2D eigenvalue weighted by atomic mass is 16.6. The van der Waals surface area contributed by atoms with E-state index < -0.39 is 33.6 Å². The molecule has 1 aliphatic heterocycles. The topological polar surface area (TPSA) is 114 Å². The summed E-state index contributed by atoms with van der Waals surface area (Å²) in [6, 6.07) is 0. The average molecular weight is 751 g/mol. The predicted molar refractivity (Wildman–Crippen MR) is 198 cm³/mol. The van der Waals surface area contributed by atoms with E-state index in [1.165, 1.54) is 12.8 Å². The van der Waals surface area contributed by atoms with Gasteiger partial charge in [-0.3, -0.25) is 19.2 Å². The van der Waals surface area contributed by atoms with Crippen LogP contribution in [-0.2, 0) is 42.9 Å². The van der Waals surface area contributed by atoms with Crippen LogP contribution >= 0.6 is 0 Å². The minimum absolute atomic E-state index is 0.0675. The standard InChI is InChI=1S/C45H66O9/c1-8-41(5,38(48)52-34-29-16-32-33(17-29)36(46)51-35(32)34)23-42(6,39(49)54-45(9-2)30-12-25-10-26(14-30)15-31(45)13-25)22-40(3,4)37(47)53-44-20-27-11-28(21-44)19-43(18-27,24-44)50-7/h25-35H,8-24H2,1-7H3. The first-order valence-corrected chi connectivity index (χ1v) is 21.9. The molecule has 9 nitrogen and oxygen atoms in total. The van der Waals surface area contributed by atoms with Crippen molar-refractivity contribution in [2.75, 3.05) is 7.11 Å². The molecule has 0 spiro atoms. The molecule has 9 atom stereocenters. The van der Waals surface area contributed by atoms with Gasteiger partial charge in [0, 0.05) is 25.4 Å². The summed E-state index contributed by atoms with van der Waals surface area (Å²) in [6.07, 6.45) is 13.8. The first-order valence-electron chi connectivity index (χ1n) is 21.9. The number of hydrogen-bond acceptors (Lipinski definition) is 9. The van der Waals surface area contributed by atoms with Gasteiger partial charge < -0.3 is 23.7 Å². The molecule has 10 aliphatic carbocycles. The van der Waals surface area contributed by atoms with Crippen LogP contribution in [-0.4, -0.2) is 60.0 Å². The Bertz CT molecular complexity index is 1540. The van der Waals surface area contributed by atoms with Crippen molar-refractivity contribution in [2.24, 2.45) is 69.5 Å². The van der Waals surface area contributed by atoms with E-state index in [-0.39, 0.29) is 66.2 Å². The third-order valence-electron chi connectivity index (χ3n) is 17.6. The zero-order chi connectivity index (χ0) is 38.2. The molecule has 10 bridgehead atoms. The Morgan fingerprint density at radius 1 is 0.722 bits per heavy atom. The SMILES string of the molecule is CCC(C)(CC(C)(CC(C)(C)C(=O)OC12CC3CC(CC(OC)(C3)C1)C2)C(=O)OC1(CC)C2CC3CC(C2)CC1C3)C(=O)OC1C2CC3C(=O)OC1C3C2. The molecule has 11 fully saturated rings. The van der Waals surface area contributed by atoms with Gasteiger partial charge in [-0.15, -0.1) is 0 Å². The zero-order valence-electron chi connectivity index (χ0n) is 34.0. The second kappa shape index (κ2) is 12.4. The van der Waals surface area contributed by atoms with E-state index in [9.17, 15) is 14.4 Å². The van der Waals surface area contributed by atoms with Crippen LogP contribution in [0.15, 0.2) is 0 Å². The van der Waals surface area contributed by atoms with Crippen LogP contribution in [0.2, 0.25) is 0 Å². The molecule has 11 rings (SSSR count). The van der Waals surface area contributed by atoms with Gasteiger partial charge in [0.05, 0.1) is 27.8 Å². The highest BCUT2D eigenvalue weighted by Crippen LogP contribution is 2.63. The number of carbonyl (C=O) groups excluding carboxylic acids is 4. The second-order valence-electron chi connectivity index (χ2n) is 21.9. The van der Waals surface area contributed by atoms with Crippen molar-refractivity contribution >= 4 is 23.9 Å². The first kappa shape index (κ1) is 37.4. The molecular weight excluding hydrogens is 684 g/mol. The molecule has 0 radical (unpaired) electrons. The van der Waals surface area contributed by atoms with Gasteiger partial charge >= 0.3 is 23.9 Å². The van der Waals surface area contributed by atoms with Crippen LogP contribution in [0.1, 0.15) is 151 Å². The summed E-state index contributed by atoms with van der Waals surface area (Å²) >= 11 is 0. The maximum Gasteiger partial charge on any atom is 0.312 e. The van der Waals surface area contributed by atoms with Crippen molar-refractivity contribution in [3.8, 4) is 0 Å². The number of esters is 4. The zero-order valence-corrected chi connectivity index (χ0v) is 34.0. The molecule has 0 N–H and O–H groups in total. The van der Waals surface area contributed by atoms with Gasteiger partial charge in [0.25, 0.3) is 0 Å². The monoisotopic (exact) mass is 750 g/mol. The number of methoxy groups -OCH3 is 1. The van der Waals surface area contributed by atoms with Crippen LogP contribution < -0.4 is 0 Å². The van der Waals surface area contributed by atoms with E-state index in [4.69, 9.17) is 23.7 Å². The van der Waals surface area contributed by atoms with E-state index in [2.05, 4.69) is 6.92 Å². The fourth-order valence-corrected chi connectivity index (χ4v) is 15.7. The molecule has 9 heteroatoms. The lowest BCUT2D eigenvalue weighted by Crippen LogP contribution is -2.62. The van der Waals surface area contributed by atoms with Gasteiger partial charge in [-0.1, -0.05) is 13.8 Å². The van der Waals surface area contributed by atoms with Gasteiger partial charge in [0.2, 0.25) is 0 Å². The Balaban J connectivity index is 0.988. The van der Waals surface area contributed by atoms with Crippen LogP contribution in [0.3, 0.4) is 0 Å². The van der Waals surface area contributed by atoms with Crippen molar-refractivity contribution in [2.45, 2.75) is 180 Å². The molecule has 0 aromatic rings. The molecule has 11 aliphatic rings. The Morgan fingerprint density at radius 3 is 1.93 bits per heavy atom. The lowest BCUT2D eigenvalue weighted by Gasteiger charge is -2.61. The van der Waals surface area contributed by atoms with Crippen LogP contribution in [0.25, 0.3) is 0 Å². The predicted octanol–water partition coefficient (Wildman–Crippen LogP) is 8.14. The average Bonchev–Trinajstić information content (AvgIpc) is 3.74. The summed E-state index contributed by atoms with van der Waals surface area (Å²) < 4.78 is 31.9. The number of fused-ring (bicyclic) bond motifs is 1. The molecule has 0 amide bonds. The molecule has 54 heavy (non-hydrogen) atoms. The van der Waals surface area contributed by atoms with Gasteiger partial charge in [0.1, 0.15) is 23.4 Å². The third kappa shape index (κ3) is 5.67. The lowest BCUT2D eigenvalue weighted by atomic mass is 9.49. The van der Waals surface area contributed by atoms with Gasteiger partial charge in [-0.25, -0.2) is 0 Å². The summed E-state index contributed by atoms with van der Waals surface area (Å²) in [5, 5.41) is 0. The van der Waals surface area contributed by atoms with E-state index >= 15 is 4.79 Å². The molecule has 300 valence electrons. The van der Waals surface area contributed by atoms with Crippen molar-refractivity contribution in [1.82, 2.24) is 0 Å². The van der Waals surface area contributed by atoms with Crippen molar-refractivity contribution in [3.05, 3.63) is 0 Å². The van der Waals surface area contributed by atoms with Crippen LogP contribution in [0.5, 0.6) is 0 Å². The summed E-state index contributed by atoms with van der Waals surface area (Å²) in [7, 11) is 1.81. The molecule has 9 unspecified atom stereocenters. The van der Waals surface area contributed by atoms with E-state index in [0.717, 1.165) is 82.5 Å². The van der Waals surface area contributed by atoms with Gasteiger partial charge in [-0.05, 0) is 166 Å². The summed E-state index contributed by atoms with van der Waals surface area (Å²) in [5.74, 6) is 2.24. The molecule has 10 saturated carbocycles. The molecular formula is C45H66O9. The van der Waals surface area contributed by atoms with E-state index in [1.54, 1.807) is 7.11 Å². The van der Waals surface area contributed by atoms with Crippen molar-refractivity contribution in [3.63, 3.8) is 0 Å². The van der Waals surface area contributed by atoms with Crippen LogP contribution in [0, 0.1) is 69.5 Å². The molecule has 1 heterocycles. The highest BCUT2D eigenvalue weighted by Gasteiger charge is 2.65. The minimum atomic E-state index is -1.18. The summed E-state index contributed by atoms with van der Waals surface area (Å²) in [5.41, 5.74) is -4.52. The Hall–Kier alpha value is -2.16. The summed E-state index contributed by atoms with van der Waals surface area (Å²) in [6.45, 7) is 11.8. The first-order chi connectivity index (χ1) is 25.5. The minimum Gasteiger partial charge on any atom is -0.459 e. The van der Waals surface area contributed by atoms with Crippen LogP contribution in [0.4, 0.5) is 0 Å². The number of carbonyl (C=O) groups is 4. The van der Waals surface area contributed by atoms with E-state index in [0.29, 0.717) is 36.5 Å². The quantitative estimate of drug-likeness (QED) is 0.136. The largest absolute Gasteiger partial charge is 0.459 e. The van der Waals surface area contributed by atoms with Gasteiger partial charge in [-0.2, -0.15) is 0 Å². The van der Waals surface area contributed by atoms with Crippen molar-refractivity contribution in [1.29, 1.82) is 0 Å². The normalized spacial score (nSPS) is 46.9. The van der Waals surface area contributed by atoms with Crippen molar-refractivity contribution < 1.29 is 42.9 Å². The molecule has 0 aromatic heterocycles. The smallest absolute Gasteiger partial charge is 0.312 e. The maximum absolute atomic E-state index is 15.2. The third-order valence-corrected chi connectivity index (χ3v) is 17.6. The number of ether oxygens (including phenoxy) is 5. The van der Waals surface area contributed by atoms with Gasteiger partial charge in [0.15, 0.2) is 0 Å². The maximum atomic E-state index is 15.2. The fraction of sp³-hybridized carbons (Fsp3) is 0.911. The lowest BCUT2D eigenvalue weighted by molar-refractivity contribution is -0.234. The fourth-order valence-electron chi connectivity index (χ4n) is 15.7. The highest BCUT2D eigenvalue weighted by molar-refractivity contribution is 5.83. The molecule has 1 saturated heterocycles. The Labute approximate surface area is 322 Å². The second-order valence-corrected chi connectivity index (χ2v) is 21.9. The summed E-state index contributed by atoms with van der Waals surface area (Å²) in [4.78, 5) is 56.8. The molecule has 0 aromatic carbocycles. The Morgan fingerprint density at radius 2 is 1.33 bits per heavy atom. The number of hydrogen-bond donors (Lipinski definition) is 0. The van der Waals surface area contributed by atoms with E-state index in [1.807, 2.05) is 34.6 Å². The number of rotatable bonds is 13.